The molecule has 172 valence electrons. The van der Waals surface area contributed by atoms with E-state index in [1.54, 1.807) is 22.9 Å². The molecule has 0 spiro atoms. The van der Waals surface area contributed by atoms with Gasteiger partial charge in [0.15, 0.2) is 5.82 Å². The molecule has 0 aliphatic rings. The van der Waals surface area contributed by atoms with E-state index in [-0.39, 0.29) is 5.91 Å². The van der Waals surface area contributed by atoms with Crippen molar-refractivity contribution in [2.45, 2.75) is 17.2 Å². The van der Waals surface area contributed by atoms with Crippen molar-refractivity contribution >= 4 is 29.4 Å². The zero-order chi connectivity index (χ0) is 23.8. The monoisotopic (exact) mass is 474 g/mol. The molecule has 34 heavy (non-hydrogen) atoms. The van der Waals surface area contributed by atoms with E-state index in [4.69, 9.17) is 0 Å². The summed E-state index contributed by atoms with van der Waals surface area (Å²) in [5.41, 5.74) is 2.97. The standard InChI is InChI=1S/C24H22N6O3S/c1-33-24(32)26-18-13-11-17(12-14-18)15-25-23(31)20-9-5-6-10-21(20)34-16-22-27-28-29-30(22)19-7-3-2-4-8-19/h2-14H,15-16H2,1H3,(H,25,31)(H,26,32). The number of anilines is 1. The van der Waals surface area contributed by atoms with Gasteiger partial charge in [-0.2, -0.15) is 4.68 Å². The van der Waals surface area contributed by atoms with E-state index in [1.165, 1.54) is 18.9 Å². The molecule has 4 aromatic rings. The van der Waals surface area contributed by atoms with Crippen LogP contribution in [0.2, 0.25) is 0 Å². The summed E-state index contributed by atoms with van der Waals surface area (Å²) in [6, 6.07) is 24.2. The normalized spacial score (nSPS) is 10.5. The summed E-state index contributed by atoms with van der Waals surface area (Å²) < 4.78 is 6.26. The molecular formula is C24H22N6O3S. The first-order valence-electron chi connectivity index (χ1n) is 10.4. The lowest BCUT2D eigenvalue weighted by atomic mass is 10.2. The van der Waals surface area contributed by atoms with E-state index in [0.29, 0.717) is 29.4 Å². The van der Waals surface area contributed by atoms with Gasteiger partial charge in [-0.15, -0.1) is 16.9 Å². The Bertz CT molecular complexity index is 1260. The van der Waals surface area contributed by atoms with Gasteiger partial charge in [0.05, 0.1) is 24.1 Å². The molecule has 0 radical (unpaired) electrons. The Morgan fingerprint density at radius 1 is 0.971 bits per heavy atom. The van der Waals surface area contributed by atoms with Crippen LogP contribution in [0.4, 0.5) is 10.5 Å². The Morgan fingerprint density at radius 2 is 1.71 bits per heavy atom. The number of nitrogens with one attached hydrogen (secondary N) is 2. The van der Waals surface area contributed by atoms with Crippen LogP contribution in [0, 0.1) is 0 Å². The van der Waals surface area contributed by atoms with Crippen LogP contribution >= 0.6 is 11.8 Å². The molecule has 4 rings (SSSR count). The lowest BCUT2D eigenvalue weighted by Gasteiger charge is -2.11. The van der Waals surface area contributed by atoms with Crippen LogP contribution in [0.3, 0.4) is 0 Å². The first-order valence-corrected chi connectivity index (χ1v) is 11.4. The minimum absolute atomic E-state index is 0.178. The number of para-hydroxylation sites is 1. The quantitative estimate of drug-likeness (QED) is 0.371. The SMILES string of the molecule is COC(=O)Nc1ccc(CNC(=O)c2ccccc2SCc2nnnn2-c2ccccc2)cc1. The number of tetrazole rings is 1. The van der Waals surface area contributed by atoms with Crippen molar-refractivity contribution < 1.29 is 14.3 Å². The van der Waals surface area contributed by atoms with Crippen LogP contribution in [-0.2, 0) is 17.0 Å². The second-order valence-corrected chi connectivity index (χ2v) is 8.14. The molecule has 0 aliphatic heterocycles. The largest absolute Gasteiger partial charge is 0.453 e. The van der Waals surface area contributed by atoms with Crippen molar-refractivity contribution in [3.63, 3.8) is 0 Å². The number of aromatic nitrogens is 4. The Kier molecular flexibility index (Phi) is 7.51. The van der Waals surface area contributed by atoms with Gasteiger partial charge in [-0.25, -0.2) is 4.79 Å². The second-order valence-electron chi connectivity index (χ2n) is 7.12. The lowest BCUT2D eigenvalue weighted by molar-refractivity contribution is 0.0948. The Morgan fingerprint density at radius 3 is 2.47 bits per heavy atom. The first kappa shape index (κ1) is 23.0. The van der Waals surface area contributed by atoms with Crippen LogP contribution in [0.15, 0.2) is 83.8 Å². The Balaban J connectivity index is 1.38. The highest BCUT2D eigenvalue weighted by Crippen LogP contribution is 2.26. The summed E-state index contributed by atoms with van der Waals surface area (Å²) >= 11 is 1.50. The van der Waals surface area contributed by atoms with Crippen LogP contribution in [0.5, 0.6) is 0 Å². The number of hydrogen-bond acceptors (Lipinski definition) is 7. The fourth-order valence-electron chi connectivity index (χ4n) is 3.14. The van der Waals surface area contributed by atoms with E-state index >= 15 is 0 Å². The van der Waals surface area contributed by atoms with E-state index in [0.717, 1.165) is 16.1 Å². The van der Waals surface area contributed by atoms with Gasteiger partial charge >= 0.3 is 6.09 Å². The van der Waals surface area contributed by atoms with Crippen molar-refractivity contribution in [1.29, 1.82) is 0 Å². The first-order chi connectivity index (χ1) is 16.6. The number of benzene rings is 3. The zero-order valence-corrected chi connectivity index (χ0v) is 19.2. The molecule has 1 aromatic heterocycles. The Hall–Kier alpha value is -4.18. The van der Waals surface area contributed by atoms with E-state index in [1.807, 2.05) is 60.7 Å². The molecule has 2 amide bonds. The molecule has 0 saturated carbocycles. The second kappa shape index (κ2) is 11.1. The van der Waals surface area contributed by atoms with Crippen molar-refractivity contribution in [3.05, 3.63) is 95.8 Å². The van der Waals surface area contributed by atoms with Gasteiger partial charge in [0, 0.05) is 17.1 Å². The van der Waals surface area contributed by atoms with Crippen molar-refractivity contribution in [2.24, 2.45) is 0 Å². The van der Waals surface area contributed by atoms with Crippen LogP contribution in [0.1, 0.15) is 21.7 Å². The van der Waals surface area contributed by atoms with Crippen LogP contribution in [0.25, 0.3) is 5.69 Å². The van der Waals surface area contributed by atoms with Crippen molar-refractivity contribution in [2.75, 3.05) is 12.4 Å². The minimum Gasteiger partial charge on any atom is -0.453 e. The predicted molar refractivity (Wildman–Crippen MR) is 129 cm³/mol. The van der Waals surface area contributed by atoms with Crippen molar-refractivity contribution in [1.82, 2.24) is 25.5 Å². The molecule has 3 aromatic carbocycles. The van der Waals surface area contributed by atoms with Crippen LogP contribution in [-0.4, -0.2) is 39.3 Å². The molecule has 1 heterocycles. The number of hydrogen-bond donors (Lipinski definition) is 2. The molecule has 2 N–H and O–H groups in total. The summed E-state index contributed by atoms with van der Waals surface area (Å²) in [6.45, 7) is 0.350. The molecule has 9 nitrogen and oxygen atoms in total. The van der Waals surface area contributed by atoms with Gasteiger partial charge in [0.2, 0.25) is 0 Å². The number of thioether (sulfide) groups is 1. The average molecular weight is 475 g/mol. The molecule has 10 heteroatoms. The number of rotatable bonds is 8. The molecular weight excluding hydrogens is 452 g/mol. The number of ether oxygens (including phenoxy) is 1. The molecule has 0 atom stereocenters. The Labute approximate surface area is 200 Å². The molecule has 0 fully saturated rings. The molecule has 0 aliphatic carbocycles. The number of nitrogens with zero attached hydrogens (tertiary/aromatic N) is 4. The van der Waals surface area contributed by atoms with Crippen LogP contribution < -0.4 is 10.6 Å². The fourth-order valence-corrected chi connectivity index (χ4v) is 4.10. The fraction of sp³-hybridized carbons (Fsp3) is 0.125. The van der Waals surface area contributed by atoms with E-state index < -0.39 is 6.09 Å². The third kappa shape index (κ3) is 5.78. The smallest absolute Gasteiger partial charge is 0.411 e. The molecule has 0 bridgehead atoms. The third-order valence-electron chi connectivity index (χ3n) is 4.86. The number of carbonyl (C=O) groups excluding carboxylic acids is 2. The van der Waals surface area contributed by atoms with Crippen molar-refractivity contribution in [3.8, 4) is 5.69 Å². The third-order valence-corrected chi connectivity index (χ3v) is 5.93. The highest BCUT2D eigenvalue weighted by atomic mass is 32.2. The van der Waals surface area contributed by atoms with Gasteiger partial charge in [0.1, 0.15) is 0 Å². The number of methoxy groups -OCH3 is 1. The maximum absolute atomic E-state index is 12.9. The van der Waals surface area contributed by atoms with E-state index in [9.17, 15) is 9.59 Å². The summed E-state index contributed by atoms with van der Waals surface area (Å²) in [4.78, 5) is 25.0. The van der Waals surface area contributed by atoms with E-state index in [2.05, 4.69) is 30.9 Å². The predicted octanol–water partition coefficient (Wildman–Crippen LogP) is 4.06. The number of amides is 2. The summed E-state index contributed by atoms with van der Waals surface area (Å²) in [7, 11) is 1.31. The topological polar surface area (TPSA) is 111 Å². The highest BCUT2D eigenvalue weighted by Gasteiger charge is 2.14. The molecule has 0 saturated heterocycles. The summed E-state index contributed by atoms with van der Waals surface area (Å²) in [5.74, 6) is 1.01. The van der Waals surface area contributed by atoms with Gasteiger partial charge in [-0.3, -0.25) is 10.1 Å². The van der Waals surface area contributed by atoms with Gasteiger partial charge < -0.3 is 10.1 Å². The average Bonchev–Trinajstić information content (AvgIpc) is 3.36. The summed E-state index contributed by atoms with van der Waals surface area (Å²) in [6.07, 6.45) is -0.534. The summed E-state index contributed by atoms with van der Waals surface area (Å²) in [5, 5.41) is 17.5. The lowest BCUT2D eigenvalue weighted by Crippen LogP contribution is -2.23. The maximum Gasteiger partial charge on any atom is 0.411 e. The number of carbonyl (C=O) groups is 2. The van der Waals surface area contributed by atoms with Gasteiger partial charge in [-0.05, 0) is 52.4 Å². The zero-order valence-electron chi connectivity index (χ0n) is 18.3. The minimum atomic E-state index is -0.534. The van der Waals surface area contributed by atoms with Gasteiger partial charge in [-0.1, -0.05) is 42.5 Å². The highest BCUT2D eigenvalue weighted by molar-refractivity contribution is 7.98. The maximum atomic E-state index is 12.9. The molecule has 0 unspecified atom stereocenters. The van der Waals surface area contributed by atoms with Gasteiger partial charge in [0.25, 0.3) is 5.91 Å².